The molecule has 0 aromatic rings. The maximum atomic E-state index is 10.4. The SMILES string of the molecule is CC1CC(O)(CCC2CC2)CCN1C. The number of piperidine rings is 1. The van der Waals surface area contributed by atoms with E-state index in [1.165, 1.54) is 19.3 Å². The zero-order valence-electron chi connectivity index (χ0n) is 9.50. The smallest absolute Gasteiger partial charge is 0.0674 e. The second-order valence-electron chi connectivity index (χ2n) is 5.49. The zero-order chi connectivity index (χ0) is 10.2. The average molecular weight is 197 g/mol. The summed E-state index contributed by atoms with van der Waals surface area (Å²) in [5, 5.41) is 10.4. The molecule has 2 nitrogen and oxygen atoms in total. The third-order valence-corrected chi connectivity index (χ3v) is 4.07. The van der Waals surface area contributed by atoms with Crippen LogP contribution in [-0.4, -0.2) is 35.2 Å². The fraction of sp³-hybridized carbons (Fsp3) is 1.00. The highest BCUT2D eigenvalue weighted by atomic mass is 16.3. The van der Waals surface area contributed by atoms with Gasteiger partial charge in [-0.2, -0.15) is 0 Å². The Kier molecular flexibility index (Phi) is 2.85. The van der Waals surface area contributed by atoms with Gasteiger partial charge in [-0.1, -0.05) is 12.8 Å². The minimum absolute atomic E-state index is 0.339. The number of nitrogens with zero attached hydrogens (tertiary/aromatic N) is 1. The van der Waals surface area contributed by atoms with Gasteiger partial charge in [0.15, 0.2) is 0 Å². The van der Waals surface area contributed by atoms with Crippen LogP contribution in [0.1, 0.15) is 45.4 Å². The molecule has 14 heavy (non-hydrogen) atoms. The first-order chi connectivity index (χ1) is 6.59. The third-order valence-electron chi connectivity index (χ3n) is 4.07. The molecule has 1 saturated heterocycles. The summed E-state index contributed by atoms with van der Waals surface area (Å²) >= 11 is 0. The molecule has 1 saturated carbocycles. The summed E-state index contributed by atoms with van der Waals surface area (Å²) in [5.41, 5.74) is -0.339. The number of likely N-dealkylation sites (tertiary alicyclic amines) is 1. The van der Waals surface area contributed by atoms with Gasteiger partial charge in [-0.05, 0) is 45.6 Å². The van der Waals surface area contributed by atoms with Crippen LogP contribution < -0.4 is 0 Å². The van der Waals surface area contributed by atoms with Crippen LogP contribution in [0.15, 0.2) is 0 Å². The lowest BCUT2D eigenvalue weighted by Gasteiger charge is -2.41. The predicted octanol–water partition coefficient (Wildman–Crippen LogP) is 2.02. The molecule has 2 unspecified atom stereocenters. The van der Waals surface area contributed by atoms with E-state index in [4.69, 9.17) is 0 Å². The maximum Gasteiger partial charge on any atom is 0.0674 e. The summed E-state index contributed by atoms with van der Waals surface area (Å²) in [4.78, 5) is 2.35. The van der Waals surface area contributed by atoms with Crippen LogP contribution in [0.5, 0.6) is 0 Å². The second kappa shape index (κ2) is 3.82. The Hall–Kier alpha value is -0.0800. The number of hydrogen-bond acceptors (Lipinski definition) is 2. The summed E-state index contributed by atoms with van der Waals surface area (Å²) < 4.78 is 0. The van der Waals surface area contributed by atoms with Gasteiger partial charge in [-0.25, -0.2) is 0 Å². The topological polar surface area (TPSA) is 23.5 Å². The Morgan fingerprint density at radius 3 is 2.71 bits per heavy atom. The van der Waals surface area contributed by atoms with Gasteiger partial charge in [0.2, 0.25) is 0 Å². The van der Waals surface area contributed by atoms with Crippen molar-refractivity contribution in [3.8, 4) is 0 Å². The van der Waals surface area contributed by atoms with Crippen molar-refractivity contribution in [2.45, 2.75) is 57.1 Å². The van der Waals surface area contributed by atoms with E-state index in [1.807, 2.05) is 0 Å². The molecular formula is C12H23NO. The van der Waals surface area contributed by atoms with Gasteiger partial charge in [-0.15, -0.1) is 0 Å². The largest absolute Gasteiger partial charge is 0.390 e. The lowest BCUT2D eigenvalue weighted by atomic mass is 9.83. The van der Waals surface area contributed by atoms with E-state index in [2.05, 4.69) is 18.9 Å². The second-order valence-corrected chi connectivity index (χ2v) is 5.49. The Morgan fingerprint density at radius 1 is 1.43 bits per heavy atom. The Bertz CT molecular complexity index is 202. The average Bonchev–Trinajstić information content (AvgIpc) is 2.93. The van der Waals surface area contributed by atoms with Crippen molar-refractivity contribution in [2.24, 2.45) is 5.92 Å². The molecule has 1 N–H and O–H groups in total. The van der Waals surface area contributed by atoms with Crippen molar-refractivity contribution in [3.63, 3.8) is 0 Å². The molecule has 0 amide bonds. The minimum atomic E-state index is -0.339. The fourth-order valence-corrected chi connectivity index (χ4v) is 2.52. The molecule has 2 atom stereocenters. The standard InChI is InChI=1S/C12H23NO/c1-10-9-12(14,7-8-13(10)2)6-5-11-3-4-11/h10-11,14H,3-9H2,1-2H3. The lowest BCUT2D eigenvalue weighted by Crippen LogP contribution is -2.47. The monoisotopic (exact) mass is 197 g/mol. The molecule has 1 heterocycles. The van der Waals surface area contributed by atoms with Crippen LogP contribution in [0.25, 0.3) is 0 Å². The van der Waals surface area contributed by atoms with E-state index < -0.39 is 0 Å². The molecule has 2 aliphatic rings. The van der Waals surface area contributed by atoms with Crippen molar-refractivity contribution in [1.82, 2.24) is 4.90 Å². The van der Waals surface area contributed by atoms with E-state index in [0.717, 1.165) is 31.7 Å². The molecule has 1 aliphatic carbocycles. The van der Waals surface area contributed by atoms with Crippen molar-refractivity contribution >= 4 is 0 Å². The molecule has 2 fully saturated rings. The maximum absolute atomic E-state index is 10.4. The molecule has 0 bridgehead atoms. The van der Waals surface area contributed by atoms with E-state index in [1.54, 1.807) is 0 Å². The highest BCUT2D eigenvalue weighted by Gasteiger charge is 2.36. The molecular weight excluding hydrogens is 174 g/mol. The van der Waals surface area contributed by atoms with Crippen LogP contribution in [0.3, 0.4) is 0 Å². The molecule has 2 rings (SSSR count). The van der Waals surface area contributed by atoms with Crippen molar-refractivity contribution in [1.29, 1.82) is 0 Å². The highest BCUT2D eigenvalue weighted by Crippen LogP contribution is 2.38. The first-order valence-electron chi connectivity index (χ1n) is 6.02. The van der Waals surface area contributed by atoms with Crippen LogP contribution in [0.4, 0.5) is 0 Å². The summed E-state index contributed by atoms with van der Waals surface area (Å²) in [7, 11) is 2.16. The summed E-state index contributed by atoms with van der Waals surface area (Å²) in [6.45, 7) is 3.28. The Balaban J connectivity index is 1.81. The van der Waals surface area contributed by atoms with Gasteiger partial charge < -0.3 is 10.0 Å². The van der Waals surface area contributed by atoms with Gasteiger partial charge in [0.05, 0.1) is 5.60 Å². The quantitative estimate of drug-likeness (QED) is 0.748. The van der Waals surface area contributed by atoms with Crippen LogP contribution in [-0.2, 0) is 0 Å². The molecule has 0 radical (unpaired) electrons. The van der Waals surface area contributed by atoms with Crippen molar-refractivity contribution in [2.75, 3.05) is 13.6 Å². The van der Waals surface area contributed by atoms with Crippen molar-refractivity contribution < 1.29 is 5.11 Å². The Labute approximate surface area is 87.3 Å². The van der Waals surface area contributed by atoms with Gasteiger partial charge in [0.25, 0.3) is 0 Å². The summed E-state index contributed by atoms with van der Waals surface area (Å²) in [6.07, 6.45) is 7.05. The molecule has 0 aromatic carbocycles. The highest BCUT2D eigenvalue weighted by molar-refractivity contribution is 4.90. The fourth-order valence-electron chi connectivity index (χ4n) is 2.52. The van der Waals surface area contributed by atoms with Crippen molar-refractivity contribution in [3.05, 3.63) is 0 Å². The molecule has 82 valence electrons. The van der Waals surface area contributed by atoms with Gasteiger partial charge >= 0.3 is 0 Å². The molecule has 0 spiro atoms. The third kappa shape index (κ3) is 2.48. The molecule has 1 aliphatic heterocycles. The minimum Gasteiger partial charge on any atom is -0.390 e. The zero-order valence-corrected chi connectivity index (χ0v) is 9.50. The number of hydrogen-bond donors (Lipinski definition) is 1. The van der Waals surface area contributed by atoms with E-state index in [0.29, 0.717) is 6.04 Å². The predicted molar refractivity (Wildman–Crippen MR) is 58.2 cm³/mol. The van der Waals surface area contributed by atoms with E-state index in [-0.39, 0.29) is 5.60 Å². The molecule has 2 heteroatoms. The van der Waals surface area contributed by atoms with Crippen LogP contribution in [0, 0.1) is 5.92 Å². The first kappa shape index (κ1) is 10.4. The summed E-state index contributed by atoms with van der Waals surface area (Å²) in [5.74, 6) is 0.953. The first-order valence-corrected chi connectivity index (χ1v) is 6.02. The lowest BCUT2D eigenvalue weighted by molar-refractivity contribution is -0.0439. The number of rotatable bonds is 3. The van der Waals surface area contributed by atoms with Gasteiger partial charge in [0, 0.05) is 12.6 Å². The van der Waals surface area contributed by atoms with Crippen LogP contribution in [0.2, 0.25) is 0 Å². The van der Waals surface area contributed by atoms with Crippen LogP contribution >= 0.6 is 0 Å². The normalized spacial score (nSPS) is 40.1. The number of aliphatic hydroxyl groups is 1. The van der Waals surface area contributed by atoms with Gasteiger partial charge in [-0.3, -0.25) is 0 Å². The Morgan fingerprint density at radius 2 is 2.14 bits per heavy atom. The van der Waals surface area contributed by atoms with E-state index >= 15 is 0 Å². The summed E-state index contributed by atoms with van der Waals surface area (Å²) in [6, 6.07) is 0.549. The van der Waals surface area contributed by atoms with Gasteiger partial charge in [0.1, 0.15) is 0 Å². The molecule has 0 aromatic heterocycles. The van der Waals surface area contributed by atoms with E-state index in [9.17, 15) is 5.11 Å².